The minimum absolute atomic E-state index is 0. The van der Waals surface area contributed by atoms with Gasteiger partial charge in [0.2, 0.25) is 0 Å². The summed E-state index contributed by atoms with van der Waals surface area (Å²) in [6, 6.07) is 0. The van der Waals surface area contributed by atoms with Gasteiger partial charge in [-0.15, -0.1) is 0 Å². The van der Waals surface area contributed by atoms with Gasteiger partial charge in [0.15, 0.2) is 0 Å². The zero-order valence-electron chi connectivity index (χ0n) is 5.44. The Morgan fingerprint density at radius 2 is 2.67 bits per heavy atom. The van der Waals surface area contributed by atoms with Gasteiger partial charge in [-0.2, -0.15) is 0 Å². The summed E-state index contributed by atoms with van der Waals surface area (Å²) in [5.41, 5.74) is 0. The fourth-order valence-corrected chi connectivity index (χ4v) is 0.782. The average Bonchev–Trinajstić information content (AvgIpc) is 1.86. The quantitative estimate of drug-likeness (QED) is 0.420. The molecule has 0 aromatic carbocycles. The van der Waals surface area contributed by atoms with Crippen LogP contribution in [-0.4, -0.2) is 0 Å². The standard InChI is InChI=1S/C5H5.Ti.2H/c1-2-4-5-3-1;;;/h1-3H,4H2;;;/q;+2;2*-1. The Kier molecular flexibility index (Phi) is 1.28. The van der Waals surface area contributed by atoms with E-state index in [0.29, 0.717) is 0 Å². The van der Waals surface area contributed by atoms with E-state index in [2.05, 4.69) is 38.7 Å². The van der Waals surface area contributed by atoms with Crippen molar-refractivity contribution in [3.8, 4) is 0 Å². The van der Waals surface area contributed by atoms with Crippen molar-refractivity contribution in [2.45, 2.75) is 6.42 Å². The van der Waals surface area contributed by atoms with Crippen LogP contribution in [0.15, 0.2) is 22.1 Å². The molecule has 0 unspecified atom stereocenters. The molecular weight excluding hydrogens is 108 g/mol. The molecule has 0 aromatic rings. The minimum atomic E-state index is 0. The van der Waals surface area contributed by atoms with Crippen molar-refractivity contribution in [2.75, 3.05) is 0 Å². The van der Waals surface area contributed by atoms with Crippen molar-refractivity contribution in [3.05, 3.63) is 22.1 Å². The van der Waals surface area contributed by atoms with Crippen molar-refractivity contribution in [2.24, 2.45) is 0 Å². The van der Waals surface area contributed by atoms with Crippen LogP contribution in [0.25, 0.3) is 0 Å². The molecule has 0 heterocycles. The van der Waals surface area contributed by atoms with Crippen LogP contribution in [-0.2, 0) is 20.4 Å². The van der Waals surface area contributed by atoms with Crippen LogP contribution in [0, 0.1) is 0 Å². The van der Waals surface area contributed by atoms with E-state index in [9.17, 15) is 0 Å². The summed E-state index contributed by atoms with van der Waals surface area (Å²) in [5, 5.41) is 0. The molecule has 0 fully saturated rings. The van der Waals surface area contributed by atoms with Crippen LogP contribution < -0.4 is 0 Å². The molecule has 0 amide bonds. The first-order chi connectivity index (χ1) is 2.89. The Bertz CT molecular complexity index is 107. The third-order valence-electron chi connectivity index (χ3n) is 0.771. The molecule has 0 spiro atoms. The predicted molar refractivity (Wildman–Crippen MR) is 24.1 cm³/mol. The van der Waals surface area contributed by atoms with Crippen LogP contribution >= 0.6 is 0 Å². The van der Waals surface area contributed by atoms with Crippen LogP contribution in [0.3, 0.4) is 0 Å². The van der Waals surface area contributed by atoms with Gasteiger partial charge in [-0.05, 0) is 0 Å². The third kappa shape index (κ3) is 0.827. The summed E-state index contributed by atoms with van der Waals surface area (Å²) in [4.78, 5) is 0. The maximum atomic E-state index is 2.16. The second kappa shape index (κ2) is 1.77. The molecule has 1 aliphatic carbocycles. The Morgan fingerprint density at radius 3 is 2.83 bits per heavy atom. The molecule has 0 saturated heterocycles. The van der Waals surface area contributed by atoms with Crippen molar-refractivity contribution in [1.82, 2.24) is 0 Å². The van der Waals surface area contributed by atoms with Gasteiger partial charge in [0.05, 0.1) is 0 Å². The van der Waals surface area contributed by atoms with Crippen LogP contribution in [0.4, 0.5) is 0 Å². The van der Waals surface area contributed by atoms with E-state index in [4.69, 9.17) is 0 Å². The van der Waals surface area contributed by atoms with Gasteiger partial charge >= 0.3 is 49.0 Å². The van der Waals surface area contributed by atoms with Crippen LogP contribution in [0.1, 0.15) is 9.27 Å². The van der Waals surface area contributed by atoms with Gasteiger partial charge in [0, 0.05) is 0 Å². The number of rotatable bonds is 0. The summed E-state index contributed by atoms with van der Waals surface area (Å²) in [6.07, 6.45) is 7.56. The third-order valence-corrected chi connectivity index (χ3v) is 1.35. The van der Waals surface area contributed by atoms with Crippen LogP contribution in [0.2, 0.25) is 0 Å². The average molecular weight is 115 g/mol. The van der Waals surface area contributed by atoms with E-state index in [0.717, 1.165) is 0 Å². The Labute approximate surface area is 52.3 Å². The van der Waals surface area contributed by atoms with Crippen molar-refractivity contribution >= 4 is 0 Å². The Hall–Kier alpha value is 0.194. The molecular formula is C5H7Ti. The first-order valence-corrected chi connectivity index (χ1v) is 2.75. The summed E-state index contributed by atoms with van der Waals surface area (Å²) in [7, 11) is 0. The molecule has 0 N–H and O–H groups in total. The summed E-state index contributed by atoms with van der Waals surface area (Å²) >= 11 is 2.14. The van der Waals surface area contributed by atoms with E-state index in [1.165, 1.54) is 10.3 Å². The normalized spacial score (nSPS) is 18.7. The fourth-order valence-electron chi connectivity index (χ4n) is 0.447. The Morgan fingerprint density at radius 1 is 1.83 bits per heavy atom. The van der Waals surface area contributed by atoms with E-state index in [1.54, 1.807) is 0 Å². The predicted octanol–water partition coefficient (Wildman–Crippen LogP) is 1.60. The molecule has 0 aromatic heterocycles. The van der Waals surface area contributed by atoms with E-state index < -0.39 is 0 Å². The first-order valence-electron chi connectivity index (χ1n) is 1.97. The molecule has 0 nitrogen and oxygen atoms in total. The Balaban J connectivity index is 0. The van der Waals surface area contributed by atoms with Crippen molar-refractivity contribution in [1.29, 1.82) is 0 Å². The molecule has 1 aliphatic rings. The van der Waals surface area contributed by atoms with Gasteiger partial charge in [-0.1, -0.05) is 0 Å². The number of hydrogen-bond donors (Lipinski definition) is 0. The zero-order chi connectivity index (χ0) is 4.41. The summed E-state index contributed by atoms with van der Waals surface area (Å²) < 4.78 is 1.47. The monoisotopic (exact) mass is 115 g/mol. The van der Waals surface area contributed by atoms with Gasteiger partial charge in [0.25, 0.3) is 0 Å². The van der Waals surface area contributed by atoms with Gasteiger partial charge in [-0.3, -0.25) is 0 Å². The zero-order valence-corrected chi connectivity index (χ0v) is 5.00. The SMILES string of the molecule is [H-].[H-].[Ti+2][C]1=CC=CC1. The molecule has 1 rings (SSSR count). The molecule has 0 atom stereocenters. The molecule has 6 heavy (non-hydrogen) atoms. The molecule has 0 bridgehead atoms. The van der Waals surface area contributed by atoms with Gasteiger partial charge in [-0.25, -0.2) is 0 Å². The second-order valence-corrected chi connectivity index (χ2v) is 2.33. The van der Waals surface area contributed by atoms with Crippen molar-refractivity contribution < 1.29 is 23.3 Å². The molecule has 1 heteroatoms. The maximum absolute atomic E-state index is 2.16. The number of allylic oxidation sites excluding steroid dienone is 4. The van der Waals surface area contributed by atoms with E-state index >= 15 is 0 Å². The molecule has 31 valence electrons. The first kappa shape index (κ1) is 4.36. The number of hydrogen-bond acceptors (Lipinski definition) is 0. The summed E-state index contributed by atoms with van der Waals surface area (Å²) in [6.45, 7) is 0. The van der Waals surface area contributed by atoms with Crippen molar-refractivity contribution in [3.63, 3.8) is 0 Å². The molecule has 0 saturated carbocycles. The van der Waals surface area contributed by atoms with Crippen LogP contribution in [0.5, 0.6) is 0 Å². The molecule has 0 aliphatic heterocycles. The molecule has 0 radical (unpaired) electrons. The van der Waals surface area contributed by atoms with Gasteiger partial charge in [0.1, 0.15) is 0 Å². The fraction of sp³-hybridized carbons (Fsp3) is 0.200. The summed E-state index contributed by atoms with van der Waals surface area (Å²) in [5.74, 6) is 0. The van der Waals surface area contributed by atoms with E-state index in [1.807, 2.05) is 0 Å². The van der Waals surface area contributed by atoms with E-state index in [-0.39, 0.29) is 2.85 Å². The second-order valence-electron chi connectivity index (χ2n) is 1.32. The van der Waals surface area contributed by atoms with Gasteiger partial charge < -0.3 is 2.85 Å². The topological polar surface area (TPSA) is 0 Å².